The molecule has 1 fully saturated rings. The standard InChI is InChI=1S/C28H26N4/c1-3-10-22(11-4-1)27(23-12-5-2-6-13-23)30-18-20-31(21-19-30)28-26-16-9-17-32(26)25-15-8-7-14-24(25)29-28/h1-17,27H,18-21H2. The summed E-state index contributed by atoms with van der Waals surface area (Å²) in [4.78, 5) is 10.1. The number of anilines is 1. The molecule has 1 aliphatic rings. The molecule has 3 aromatic carbocycles. The molecule has 4 heteroatoms. The molecule has 6 rings (SSSR count). The summed E-state index contributed by atoms with van der Waals surface area (Å²) in [5.74, 6) is 1.09. The number of para-hydroxylation sites is 2. The zero-order valence-electron chi connectivity index (χ0n) is 18.0. The van der Waals surface area contributed by atoms with E-state index in [2.05, 4.69) is 117 Å². The second kappa shape index (κ2) is 8.13. The van der Waals surface area contributed by atoms with Gasteiger partial charge in [-0.1, -0.05) is 72.8 Å². The van der Waals surface area contributed by atoms with Crippen LogP contribution in [0.4, 0.5) is 5.82 Å². The molecule has 32 heavy (non-hydrogen) atoms. The quantitative estimate of drug-likeness (QED) is 0.391. The van der Waals surface area contributed by atoms with E-state index >= 15 is 0 Å². The van der Waals surface area contributed by atoms with E-state index in [4.69, 9.17) is 4.98 Å². The average molecular weight is 419 g/mol. The highest BCUT2D eigenvalue weighted by molar-refractivity contribution is 5.85. The van der Waals surface area contributed by atoms with E-state index in [1.807, 2.05) is 0 Å². The first kappa shape index (κ1) is 19.1. The molecule has 2 aromatic heterocycles. The van der Waals surface area contributed by atoms with Crippen molar-refractivity contribution in [2.75, 3.05) is 31.1 Å². The fourth-order valence-electron chi connectivity index (χ4n) is 5.02. The molecule has 0 N–H and O–H groups in total. The third kappa shape index (κ3) is 3.33. The summed E-state index contributed by atoms with van der Waals surface area (Å²) in [5.41, 5.74) is 6.08. The van der Waals surface area contributed by atoms with Crippen LogP contribution in [0.5, 0.6) is 0 Å². The van der Waals surface area contributed by atoms with Crippen molar-refractivity contribution in [2.45, 2.75) is 6.04 Å². The van der Waals surface area contributed by atoms with Gasteiger partial charge >= 0.3 is 0 Å². The van der Waals surface area contributed by atoms with Gasteiger partial charge in [-0.15, -0.1) is 0 Å². The molecule has 5 aromatic rings. The number of aromatic nitrogens is 2. The van der Waals surface area contributed by atoms with Gasteiger partial charge in [0.25, 0.3) is 0 Å². The van der Waals surface area contributed by atoms with Crippen molar-refractivity contribution in [1.29, 1.82) is 0 Å². The van der Waals surface area contributed by atoms with Crippen LogP contribution >= 0.6 is 0 Å². The molecule has 4 nitrogen and oxygen atoms in total. The van der Waals surface area contributed by atoms with Crippen LogP contribution in [0, 0.1) is 0 Å². The average Bonchev–Trinajstić information content (AvgIpc) is 3.36. The van der Waals surface area contributed by atoms with Gasteiger partial charge in [0.2, 0.25) is 0 Å². The molecular weight excluding hydrogens is 392 g/mol. The summed E-state index contributed by atoms with van der Waals surface area (Å²) in [6, 6.07) is 34.7. The van der Waals surface area contributed by atoms with Crippen LogP contribution in [0.2, 0.25) is 0 Å². The maximum Gasteiger partial charge on any atom is 0.153 e. The Morgan fingerprint density at radius 2 is 1.19 bits per heavy atom. The maximum atomic E-state index is 5.07. The Morgan fingerprint density at radius 1 is 0.594 bits per heavy atom. The van der Waals surface area contributed by atoms with Gasteiger partial charge in [-0.3, -0.25) is 4.90 Å². The second-order valence-electron chi connectivity index (χ2n) is 8.43. The van der Waals surface area contributed by atoms with Gasteiger partial charge in [0.05, 0.1) is 22.6 Å². The Labute approximate surface area is 188 Å². The van der Waals surface area contributed by atoms with Gasteiger partial charge in [0, 0.05) is 32.4 Å². The Morgan fingerprint density at radius 3 is 1.88 bits per heavy atom. The highest BCUT2D eigenvalue weighted by Crippen LogP contribution is 2.31. The number of piperazine rings is 1. The minimum Gasteiger partial charge on any atom is -0.352 e. The van der Waals surface area contributed by atoms with Crippen molar-refractivity contribution in [3.63, 3.8) is 0 Å². The Bertz CT molecular complexity index is 1300. The summed E-state index contributed by atoms with van der Waals surface area (Å²) in [7, 11) is 0. The largest absolute Gasteiger partial charge is 0.352 e. The van der Waals surface area contributed by atoms with E-state index < -0.39 is 0 Å². The molecule has 158 valence electrons. The number of fused-ring (bicyclic) bond motifs is 3. The molecule has 1 saturated heterocycles. The van der Waals surface area contributed by atoms with E-state index in [-0.39, 0.29) is 6.04 Å². The third-order valence-corrected chi connectivity index (χ3v) is 6.56. The topological polar surface area (TPSA) is 23.8 Å². The maximum absolute atomic E-state index is 5.07. The van der Waals surface area contributed by atoms with Crippen LogP contribution < -0.4 is 4.90 Å². The van der Waals surface area contributed by atoms with Crippen LogP contribution in [-0.2, 0) is 0 Å². The summed E-state index contributed by atoms with van der Waals surface area (Å²) in [6.07, 6.45) is 2.14. The number of hydrogen-bond acceptors (Lipinski definition) is 3. The predicted molar refractivity (Wildman–Crippen MR) is 131 cm³/mol. The smallest absolute Gasteiger partial charge is 0.153 e. The van der Waals surface area contributed by atoms with Gasteiger partial charge in [-0.05, 0) is 35.4 Å². The van der Waals surface area contributed by atoms with E-state index in [0.29, 0.717) is 0 Å². The van der Waals surface area contributed by atoms with E-state index in [9.17, 15) is 0 Å². The molecule has 0 atom stereocenters. The molecule has 0 saturated carbocycles. The minimum atomic E-state index is 0.275. The Hall–Kier alpha value is -3.63. The zero-order chi connectivity index (χ0) is 21.3. The molecule has 0 amide bonds. The van der Waals surface area contributed by atoms with Crippen molar-refractivity contribution in [3.05, 3.63) is 114 Å². The fraction of sp³-hybridized carbons (Fsp3) is 0.179. The normalized spacial score (nSPS) is 15.1. The lowest BCUT2D eigenvalue weighted by Crippen LogP contribution is -2.48. The van der Waals surface area contributed by atoms with E-state index in [0.717, 1.165) is 43.0 Å². The predicted octanol–water partition coefficient (Wildman–Crippen LogP) is 5.40. The molecular formula is C28H26N4. The Balaban J connectivity index is 1.31. The summed E-state index contributed by atoms with van der Waals surface area (Å²) in [6.45, 7) is 3.91. The minimum absolute atomic E-state index is 0.275. The van der Waals surface area contributed by atoms with Crippen LogP contribution in [0.25, 0.3) is 16.6 Å². The van der Waals surface area contributed by atoms with Crippen molar-refractivity contribution >= 4 is 22.4 Å². The van der Waals surface area contributed by atoms with Gasteiger partial charge < -0.3 is 9.30 Å². The highest BCUT2D eigenvalue weighted by atomic mass is 15.3. The zero-order valence-corrected chi connectivity index (χ0v) is 18.0. The number of benzene rings is 3. The van der Waals surface area contributed by atoms with Crippen LogP contribution in [0.15, 0.2) is 103 Å². The molecule has 0 unspecified atom stereocenters. The Kier molecular flexibility index (Phi) is 4.85. The SMILES string of the molecule is c1ccc(C(c2ccccc2)N2CCN(c3nc4ccccc4n4cccc34)CC2)cc1. The lowest BCUT2D eigenvalue weighted by Gasteiger charge is -2.40. The molecule has 0 radical (unpaired) electrons. The van der Waals surface area contributed by atoms with Crippen LogP contribution in [0.3, 0.4) is 0 Å². The number of rotatable bonds is 4. The van der Waals surface area contributed by atoms with Gasteiger partial charge in [0.1, 0.15) is 0 Å². The number of hydrogen-bond donors (Lipinski definition) is 0. The molecule has 0 aliphatic carbocycles. The molecule has 3 heterocycles. The van der Waals surface area contributed by atoms with E-state index in [1.54, 1.807) is 0 Å². The fourth-order valence-corrected chi connectivity index (χ4v) is 5.02. The van der Waals surface area contributed by atoms with Gasteiger partial charge in [0.15, 0.2) is 5.82 Å². The van der Waals surface area contributed by atoms with Crippen molar-refractivity contribution < 1.29 is 0 Å². The van der Waals surface area contributed by atoms with Gasteiger partial charge in [-0.25, -0.2) is 4.98 Å². The lowest BCUT2D eigenvalue weighted by atomic mass is 9.96. The first-order valence-corrected chi connectivity index (χ1v) is 11.3. The molecule has 0 bridgehead atoms. The molecule has 0 spiro atoms. The monoisotopic (exact) mass is 418 g/mol. The lowest BCUT2D eigenvalue weighted by molar-refractivity contribution is 0.212. The molecule has 1 aliphatic heterocycles. The second-order valence-corrected chi connectivity index (χ2v) is 8.43. The summed E-state index contributed by atoms with van der Waals surface area (Å²) >= 11 is 0. The third-order valence-electron chi connectivity index (χ3n) is 6.56. The van der Waals surface area contributed by atoms with Gasteiger partial charge in [-0.2, -0.15) is 0 Å². The first-order chi connectivity index (χ1) is 15.9. The summed E-state index contributed by atoms with van der Waals surface area (Å²) < 4.78 is 2.26. The van der Waals surface area contributed by atoms with E-state index in [1.165, 1.54) is 16.6 Å². The van der Waals surface area contributed by atoms with Crippen molar-refractivity contribution in [1.82, 2.24) is 14.3 Å². The van der Waals surface area contributed by atoms with Crippen LogP contribution in [-0.4, -0.2) is 40.5 Å². The summed E-state index contributed by atoms with van der Waals surface area (Å²) in [5, 5.41) is 0. The number of nitrogens with zero attached hydrogens (tertiary/aromatic N) is 4. The van der Waals surface area contributed by atoms with Crippen molar-refractivity contribution in [3.8, 4) is 0 Å². The highest BCUT2D eigenvalue weighted by Gasteiger charge is 2.27. The first-order valence-electron chi connectivity index (χ1n) is 11.3. The van der Waals surface area contributed by atoms with Crippen LogP contribution in [0.1, 0.15) is 17.2 Å². The van der Waals surface area contributed by atoms with Crippen molar-refractivity contribution in [2.24, 2.45) is 0 Å².